The van der Waals surface area contributed by atoms with E-state index >= 15 is 0 Å². The van der Waals surface area contributed by atoms with Crippen LogP contribution in [0.1, 0.15) is 36.8 Å². The molecular weight excluding hydrogens is 353 g/mol. The molecule has 2 heterocycles. The Balaban J connectivity index is 1.80. The minimum Gasteiger partial charge on any atom is -0.346 e. The molecule has 0 aliphatic carbocycles. The number of amidine groups is 1. The summed E-state index contributed by atoms with van der Waals surface area (Å²) in [7, 11) is 0. The van der Waals surface area contributed by atoms with Crippen LogP contribution in [0.4, 0.5) is 18.9 Å². The second kappa shape index (κ2) is 6.68. The quantitative estimate of drug-likeness (QED) is 0.790. The zero-order valence-corrected chi connectivity index (χ0v) is 14.9. The van der Waals surface area contributed by atoms with Crippen molar-refractivity contribution in [2.45, 2.75) is 37.6 Å². The van der Waals surface area contributed by atoms with Gasteiger partial charge in [0.15, 0.2) is 6.54 Å². The molecule has 3 nitrogen and oxygen atoms in total. The maximum absolute atomic E-state index is 13.2. The van der Waals surface area contributed by atoms with Gasteiger partial charge in [0.2, 0.25) is 0 Å². The third-order valence-electron chi connectivity index (χ3n) is 5.45. The maximum Gasteiger partial charge on any atom is 0.416 e. The van der Waals surface area contributed by atoms with Crippen LogP contribution in [0.3, 0.4) is 0 Å². The van der Waals surface area contributed by atoms with Gasteiger partial charge >= 0.3 is 6.18 Å². The Labute approximate surface area is 156 Å². The van der Waals surface area contributed by atoms with E-state index in [1.807, 2.05) is 39.8 Å². The van der Waals surface area contributed by atoms with Crippen molar-refractivity contribution in [1.29, 1.82) is 0 Å². The van der Waals surface area contributed by atoms with Crippen LogP contribution in [-0.2, 0) is 11.9 Å². The fourth-order valence-electron chi connectivity index (χ4n) is 4.11. The molecular formula is C21H22F3N2O+. The molecule has 6 heteroatoms. The van der Waals surface area contributed by atoms with Crippen LogP contribution < -0.4 is 4.90 Å². The van der Waals surface area contributed by atoms with Crippen molar-refractivity contribution in [3.63, 3.8) is 0 Å². The molecule has 142 valence electrons. The number of benzene rings is 2. The molecule has 0 spiro atoms. The summed E-state index contributed by atoms with van der Waals surface area (Å²) in [5, 5.41) is 11.6. The molecule has 27 heavy (non-hydrogen) atoms. The third-order valence-corrected chi connectivity index (χ3v) is 5.45. The Morgan fingerprint density at radius 3 is 2.48 bits per heavy atom. The maximum atomic E-state index is 13.2. The summed E-state index contributed by atoms with van der Waals surface area (Å²) < 4.78 is 41.5. The van der Waals surface area contributed by atoms with E-state index in [1.165, 1.54) is 12.1 Å². The zero-order chi connectivity index (χ0) is 19.1. The summed E-state index contributed by atoms with van der Waals surface area (Å²) in [6, 6.07) is 14.7. The van der Waals surface area contributed by atoms with Gasteiger partial charge in [-0.15, -0.1) is 0 Å². The van der Waals surface area contributed by atoms with Gasteiger partial charge in [0.25, 0.3) is 11.6 Å². The largest absolute Gasteiger partial charge is 0.416 e. The Morgan fingerprint density at radius 2 is 1.74 bits per heavy atom. The second-order valence-corrected chi connectivity index (χ2v) is 7.20. The number of β-amino-alcohol motifs (C(OH)–C–C–N with tert-alkyl or cyclic N) is 1. The molecule has 2 aromatic carbocycles. The number of alkyl halides is 3. The van der Waals surface area contributed by atoms with Gasteiger partial charge in [-0.25, -0.2) is 9.48 Å². The monoisotopic (exact) mass is 375 g/mol. The number of halogens is 3. The van der Waals surface area contributed by atoms with Crippen molar-refractivity contribution in [2.24, 2.45) is 0 Å². The lowest BCUT2D eigenvalue weighted by Crippen LogP contribution is -2.41. The lowest BCUT2D eigenvalue weighted by atomic mass is 10.0. The van der Waals surface area contributed by atoms with E-state index in [0.29, 0.717) is 12.2 Å². The molecule has 4 rings (SSSR count). The Hall–Kier alpha value is -2.34. The van der Waals surface area contributed by atoms with Crippen LogP contribution in [0.5, 0.6) is 0 Å². The van der Waals surface area contributed by atoms with Crippen LogP contribution in [-0.4, -0.2) is 28.6 Å². The smallest absolute Gasteiger partial charge is 0.346 e. The Kier molecular flexibility index (Phi) is 4.46. The van der Waals surface area contributed by atoms with Crippen LogP contribution in [0.25, 0.3) is 0 Å². The van der Waals surface area contributed by atoms with Crippen molar-refractivity contribution < 1.29 is 22.9 Å². The SMILES string of the molecule is OC1(c2ccccc2)CN(c2cccc(C(F)(F)F)c2)C2=[N+]1CCCCC2. The van der Waals surface area contributed by atoms with Gasteiger partial charge in [0, 0.05) is 12.0 Å². The summed E-state index contributed by atoms with van der Waals surface area (Å²) in [6.07, 6.45) is -0.687. The number of rotatable bonds is 2. The topological polar surface area (TPSA) is 26.5 Å². The summed E-state index contributed by atoms with van der Waals surface area (Å²) >= 11 is 0. The van der Waals surface area contributed by atoms with E-state index in [-0.39, 0.29) is 6.54 Å². The fourth-order valence-corrected chi connectivity index (χ4v) is 4.11. The lowest BCUT2D eigenvalue weighted by molar-refractivity contribution is -0.658. The standard InChI is InChI=1S/C21H22F3N2O/c22-21(23,24)17-10-7-11-18(14-17)25-15-20(27,16-8-3-1-4-9-16)26-13-6-2-5-12-19(25)26/h1,3-4,7-11,14,27H,2,5-6,12-13,15H2/q+1. The fraction of sp³-hybridized carbons (Fsp3) is 0.381. The van der Waals surface area contributed by atoms with Gasteiger partial charge in [-0.2, -0.15) is 13.2 Å². The predicted octanol–water partition coefficient (Wildman–Crippen LogP) is 4.36. The van der Waals surface area contributed by atoms with E-state index < -0.39 is 17.5 Å². The molecule has 0 bridgehead atoms. The third kappa shape index (κ3) is 3.23. The molecule has 0 saturated carbocycles. The van der Waals surface area contributed by atoms with Gasteiger partial charge in [0.05, 0.1) is 12.1 Å². The highest BCUT2D eigenvalue weighted by atomic mass is 19.4. The van der Waals surface area contributed by atoms with E-state index in [9.17, 15) is 18.3 Å². The van der Waals surface area contributed by atoms with Crippen molar-refractivity contribution in [2.75, 3.05) is 18.0 Å². The highest BCUT2D eigenvalue weighted by Gasteiger charge is 2.52. The van der Waals surface area contributed by atoms with Crippen LogP contribution in [0, 0.1) is 0 Å². The second-order valence-electron chi connectivity index (χ2n) is 7.20. The van der Waals surface area contributed by atoms with Crippen molar-refractivity contribution in [3.8, 4) is 0 Å². The molecule has 0 fully saturated rings. The normalized spacial score (nSPS) is 23.3. The van der Waals surface area contributed by atoms with Gasteiger partial charge in [-0.3, -0.25) is 0 Å². The van der Waals surface area contributed by atoms with Gasteiger partial charge < -0.3 is 5.11 Å². The van der Waals surface area contributed by atoms with Crippen molar-refractivity contribution in [1.82, 2.24) is 0 Å². The summed E-state index contributed by atoms with van der Waals surface area (Å²) in [5.41, 5.74) is -0.678. The molecule has 1 unspecified atom stereocenters. The first-order valence-electron chi connectivity index (χ1n) is 9.26. The molecule has 1 atom stereocenters. The first-order valence-corrected chi connectivity index (χ1v) is 9.26. The zero-order valence-electron chi connectivity index (χ0n) is 14.9. The highest BCUT2D eigenvalue weighted by molar-refractivity contribution is 5.96. The molecule has 2 aliphatic rings. The van der Waals surface area contributed by atoms with E-state index in [0.717, 1.165) is 43.1 Å². The van der Waals surface area contributed by atoms with Crippen molar-refractivity contribution in [3.05, 3.63) is 65.7 Å². The highest BCUT2D eigenvalue weighted by Crippen LogP contribution is 2.37. The van der Waals surface area contributed by atoms with E-state index in [1.54, 1.807) is 6.07 Å². The number of nitrogens with zero attached hydrogens (tertiary/aromatic N) is 2. The average molecular weight is 375 g/mol. The molecule has 2 aliphatic heterocycles. The molecule has 0 amide bonds. The van der Waals surface area contributed by atoms with Gasteiger partial charge in [-0.05, 0) is 37.5 Å². The number of aliphatic hydroxyl groups is 1. The summed E-state index contributed by atoms with van der Waals surface area (Å²) in [6.45, 7) is 0.907. The Bertz CT molecular complexity index is 863. The summed E-state index contributed by atoms with van der Waals surface area (Å²) in [4.78, 5) is 1.85. The van der Waals surface area contributed by atoms with Gasteiger partial charge in [0.1, 0.15) is 5.69 Å². The van der Waals surface area contributed by atoms with Crippen LogP contribution >= 0.6 is 0 Å². The van der Waals surface area contributed by atoms with E-state index in [2.05, 4.69) is 0 Å². The van der Waals surface area contributed by atoms with Gasteiger partial charge in [-0.1, -0.05) is 36.4 Å². The van der Waals surface area contributed by atoms with E-state index in [4.69, 9.17) is 0 Å². The molecule has 0 saturated heterocycles. The predicted molar refractivity (Wildman–Crippen MR) is 97.7 cm³/mol. The lowest BCUT2D eigenvalue weighted by Gasteiger charge is -2.23. The first kappa shape index (κ1) is 18.0. The number of hydrogen-bond acceptors (Lipinski definition) is 2. The Morgan fingerprint density at radius 1 is 0.963 bits per heavy atom. The molecule has 2 aromatic rings. The van der Waals surface area contributed by atoms with Crippen LogP contribution in [0.15, 0.2) is 54.6 Å². The number of anilines is 1. The van der Waals surface area contributed by atoms with Crippen molar-refractivity contribution >= 4 is 11.5 Å². The average Bonchev–Trinajstić information content (AvgIpc) is 2.82. The molecule has 1 N–H and O–H groups in total. The molecule has 0 radical (unpaired) electrons. The minimum absolute atomic E-state index is 0.216. The first-order chi connectivity index (χ1) is 12.9. The van der Waals surface area contributed by atoms with Crippen LogP contribution in [0.2, 0.25) is 0 Å². The summed E-state index contributed by atoms with van der Waals surface area (Å²) in [5.74, 6) is 0.901. The molecule has 0 aromatic heterocycles. The minimum atomic E-state index is -4.39. The number of hydrogen-bond donors (Lipinski definition) is 1.